The first-order chi connectivity index (χ1) is 14.0. The maximum atomic E-state index is 12.6. The molecule has 2 aromatic heterocycles. The summed E-state index contributed by atoms with van der Waals surface area (Å²) in [6.07, 6.45) is 3.17. The normalized spacial score (nSPS) is 14.0. The summed E-state index contributed by atoms with van der Waals surface area (Å²) >= 11 is 0. The van der Waals surface area contributed by atoms with Crippen molar-refractivity contribution in [3.63, 3.8) is 0 Å². The molecule has 0 unspecified atom stereocenters. The number of sulfonamides is 1. The second-order valence-corrected chi connectivity index (χ2v) is 8.14. The Morgan fingerprint density at radius 3 is 2.62 bits per heavy atom. The van der Waals surface area contributed by atoms with E-state index in [9.17, 15) is 13.2 Å². The zero-order chi connectivity index (χ0) is 20.4. The van der Waals surface area contributed by atoms with Crippen molar-refractivity contribution in [2.75, 3.05) is 17.8 Å². The lowest BCUT2D eigenvalue weighted by molar-refractivity contribution is 0.0754. The van der Waals surface area contributed by atoms with Crippen LogP contribution in [0.5, 0.6) is 0 Å². The lowest BCUT2D eigenvalue weighted by atomic mass is 10.2. The summed E-state index contributed by atoms with van der Waals surface area (Å²) < 4.78 is 33.0. The van der Waals surface area contributed by atoms with E-state index in [1.165, 1.54) is 36.5 Å². The minimum atomic E-state index is -3.87. The van der Waals surface area contributed by atoms with Gasteiger partial charge in [0.05, 0.1) is 11.6 Å². The molecule has 0 atom stereocenters. The Labute approximate surface area is 166 Å². The Hall–Kier alpha value is -3.65. The molecule has 1 aliphatic heterocycles. The number of hydrogen-bond acceptors (Lipinski definition) is 7. The molecule has 0 bridgehead atoms. The number of anilines is 1. The molecule has 3 heterocycles. The number of amides is 1. The van der Waals surface area contributed by atoms with E-state index in [2.05, 4.69) is 19.9 Å². The Balaban J connectivity index is 1.51. The first-order valence-electron chi connectivity index (χ1n) is 8.81. The number of aromatic amines is 1. The highest BCUT2D eigenvalue weighted by Gasteiger charge is 2.25. The van der Waals surface area contributed by atoms with Gasteiger partial charge in [0.25, 0.3) is 15.9 Å². The number of nitriles is 1. The van der Waals surface area contributed by atoms with Crippen LogP contribution in [0.15, 0.2) is 45.8 Å². The Kier molecular flexibility index (Phi) is 4.77. The largest absolute Gasteiger partial charge is 0.411 e. The number of carbonyl (C=O) groups excluding carboxylic acids is 1. The summed E-state index contributed by atoms with van der Waals surface area (Å²) in [5, 5.41) is 16.4. The molecule has 11 heteroatoms. The number of hydrogen-bond donors (Lipinski definition) is 2. The van der Waals surface area contributed by atoms with E-state index >= 15 is 0 Å². The minimum Gasteiger partial charge on any atom is -0.411 e. The third-order valence-electron chi connectivity index (χ3n) is 4.46. The number of rotatable bonds is 5. The van der Waals surface area contributed by atoms with Gasteiger partial charge in [0.15, 0.2) is 0 Å². The lowest BCUT2D eigenvalue weighted by Crippen LogP contribution is -2.27. The third-order valence-corrected chi connectivity index (χ3v) is 5.83. The van der Waals surface area contributed by atoms with Gasteiger partial charge in [-0.1, -0.05) is 0 Å². The minimum absolute atomic E-state index is 0.0207. The van der Waals surface area contributed by atoms with Crippen molar-refractivity contribution in [3.8, 4) is 17.7 Å². The first-order valence-corrected chi connectivity index (χ1v) is 10.3. The van der Waals surface area contributed by atoms with E-state index in [-0.39, 0.29) is 28.3 Å². The molecule has 1 aromatic carbocycles. The molecule has 3 aromatic rings. The van der Waals surface area contributed by atoms with Gasteiger partial charge in [-0.15, -0.1) is 10.2 Å². The molecular formula is C18H16N6O4S. The number of nitrogens with zero attached hydrogens (tertiary/aromatic N) is 4. The molecule has 10 nitrogen and oxygen atoms in total. The number of carbonyl (C=O) groups is 1. The number of likely N-dealkylation sites (tertiary alicyclic amines) is 1. The van der Waals surface area contributed by atoms with Crippen LogP contribution in [0.4, 0.5) is 5.69 Å². The summed E-state index contributed by atoms with van der Waals surface area (Å²) in [4.78, 5) is 16.7. The average molecular weight is 412 g/mol. The molecule has 1 saturated heterocycles. The quantitative estimate of drug-likeness (QED) is 0.651. The van der Waals surface area contributed by atoms with Crippen molar-refractivity contribution in [2.45, 2.75) is 17.7 Å². The van der Waals surface area contributed by atoms with Crippen molar-refractivity contribution in [2.24, 2.45) is 0 Å². The Morgan fingerprint density at radius 2 is 1.93 bits per heavy atom. The van der Waals surface area contributed by atoms with E-state index in [1.807, 2.05) is 6.07 Å². The molecule has 1 amide bonds. The van der Waals surface area contributed by atoms with Crippen LogP contribution < -0.4 is 4.72 Å². The van der Waals surface area contributed by atoms with Crippen LogP contribution in [-0.4, -0.2) is 47.5 Å². The highest BCUT2D eigenvalue weighted by Crippen LogP contribution is 2.23. The molecule has 1 fully saturated rings. The van der Waals surface area contributed by atoms with Gasteiger partial charge >= 0.3 is 11.8 Å². The highest BCUT2D eigenvalue weighted by molar-refractivity contribution is 7.92. The van der Waals surface area contributed by atoms with Gasteiger partial charge in [-0.3, -0.25) is 9.52 Å². The molecule has 0 radical (unpaired) electrons. The second-order valence-electron chi connectivity index (χ2n) is 6.46. The maximum Gasteiger partial charge on any atom is 0.311 e. The summed E-state index contributed by atoms with van der Waals surface area (Å²) in [5.74, 6) is -0.438. The van der Waals surface area contributed by atoms with Gasteiger partial charge in [-0.25, -0.2) is 8.42 Å². The van der Waals surface area contributed by atoms with E-state index in [0.29, 0.717) is 24.3 Å². The van der Waals surface area contributed by atoms with E-state index in [1.54, 1.807) is 4.90 Å². The molecular weight excluding hydrogens is 396 g/mol. The summed E-state index contributed by atoms with van der Waals surface area (Å²) in [7, 11) is -3.87. The van der Waals surface area contributed by atoms with Gasteiger partial charge in [0, 0.05) is 25.0 Å². The molecule has 4 rings (SSSR count). The molecule has 148 valence electrons. The fourth-order valence-electron chi connectivity index (χ4n) is 2.95. The average Bonchev–Trinajstić information content (AvgIpc) is 3.49. The van der Waals surface area contributed by atoms with E-state index < -0.39 is 10.0 Å². The predicted octanol–water partition coefficient (Wildman–Crippen LogP) is 1.97. The van der Waals surface area contributed by atoms with Crippen molar-refractivity contribution in [1.82, 2.24) is 20.1 Å². The zero-order valence-electron chi connectivity index (χ0n) is 15.1. The van der Waals surface area contributed by atoms with Crippen LogP contribution in [0.2, 0.25) is 0 Å². The number of aromatic nitrogens is 3. The fourth-order valence-corrected chi connectivity index (χ4v) is 4.01. The monoisotopic (exact) mass is 412 g/mol. The van der Waals surface area contributed by atoms with Crippen molar-refractivity contribution >= 4 is 21.6 Å². The van der Waals surface area contributed by atoms with Crippen molar-refractivity contribution < 1.29 is 17.6 Å². The maximum absolute atomic E-state index is 12.6. The van der Waals surface area contributed by atoms with Gasteiger partial charge < -0.3 is 14.3 Å². The molecule has 2 N–H and O–H groups in total. The summed E-state index contributed by atoms with van der Waals surface area (Å²) in [6, 6.07) is 9.32. The smallest absolute Gasteiger partial charge is 0.311 e. The van der Waals surface area contributed by atoms with Gasteiger partial charge in [-0.05, 0) is 43.2 Å². The molecule has 0 spiro atoms. The summed E-state index contributed by atoms with van der Waals surface area (Å²) in [5.41, 5.74) is 1.02. The number of nitrogens with one attached hydrogen (secondary N) is 2. The Bertz CT molecular complexity index is 1180. The topological polar surface area (TPSA) is 145 Å². The number of benzene rings is 1. The zero-order valence-corrected chi connectivity index (χ0v) is 15.9. The highest BCUT2D eigenvalue weighted by atomic mass is 32.2. The molecule has 0 aliphatic carbocycles. The number of H-pyrrole nitrogens is 1. The fraction of sp³-hybridized carbons (Fsp3) is 0.222. The lowest BCUT2D eigenvalue weighted by Gasteiger charge is -2.11. The van der Waals surface area contributed by atoms with Crippen LogP contribution in [0.25, 0.3) is 11.6 Å². The molecule has 0 saturated carbocycles. The van der Waals surface area contributed by atoms with Crippen molar-refractivity contribution in [1.29, 1.82) is 5.26 Å². The van der Waals surface area contributed by atoms with E-state index in [0.717, 1.165) is 12.8 Å². The van der Waals surface area contributed by atoms with Crippen LogP contribution in [0, 0.1) is 11.3 Å². The van der Waals surface area contributed by atoms with Gasteiger partial charge in [0.1, 0.15) is 10.6 Å². The predicted molar refractivity (Wildman–Crippen MR) is 101 cm³/mol. The van der Waals surface area contributed by atoms with Gasteiger partial charge in [-0.2, -0.15) is 5.26 Å². The van der Waals surface area contributed by atoms with Crippen LogP contribution in [-0.2, 0) is 10.0 Å². The standard InChI is InChI=1S/C18H16N6O4S/c19-10-12-3-5-13(6-4-12)23-29(26,27)14-9-15(20-11-14)16-21-22-17(28-16)18(25)24-7-1-2-8-24/h3-6,9,11,20,23H,1-2,7-8H2. The summed E-state index contributed by atoms with van der Waals surface area (Å²) in [6.45, 7) is 1.31. The van der Waals surface area contributed by atoms with Crippen LogP contribution >= 0.6 is 0 Å². The van der Waals surface area contributed by atoms with Gasteiger partial charge in [0.2, 0.25) is 0 Å². The molecule has 29 heavy (non-hydrogen) atoms. The van der Waals surface area contributed by atoms with Crippen LogP contribution in [0.3, 0.4) is 0 Å². The van der Waals surface area contributed by atoms with E-state index in [4.69, 9.17) is 9.68 Å². The SMILES string of the molecule is N#Cc1ccc(NS(=O)(=O)c2c[nH]c(-c3nnc(C(=O)N4CCCC4)o3)c2)cc1. The van der Waals surface area contributed by atoms with Crippen molar-refractivity contribution in [3.05, 3.63) is 48.0 Å². The Morgan fingerprint density at radius 1 is 1.21 bits per heavy atom. The molecule has 1 aliphatic rings. The van der Waals surface area contributed by atoms with Crippen LogP contribution in [0.1, 0.15) is 29.1 Å². The first kappa shape index (κ1) is 18.7. The second kappa shape index (κ2) is 7.40. The third kappa shape index (κ3) is 3.83.